The second-order valence-corrected chi connectivity index (χ2v) is 15.5. The van der Waals surface area contributed by atoms with Crippen LogP contribution in [0.5, 0.6) is 0 Å². The zero-order valence-corrected chi connectivity index (χ0v) is 36.0. The third-order valence-corrected chi connectivity index (χ3v) is 10.2. The number of nitrogens with one attached hydrogen (secondary N) is 1. The van der Waals surface area contributed by atoms with Gasteiger partial charge in [0.15, 0.2) is 0 Å². The Hall–Kier alpha value is -2.44. The first-order chi connectivity index (χ1) is 27.0. The van der Waals surface area contributed by atoms with Crippen molar-refractivity contribution in [2.75, 3.05) is 6.61 Å². The summed E-state index contributed by atoms with van der Waals surface area (Å²) in [6.07, 6.45) is 51.4. The third-order valence-electron chi connectivity index (χ3n) is 10.2. The Labute approximate surface area is 339 Å². The number of aliphatic hydroxyl groups excluding tert-OH is 2. The van der Waals surface area contributed by atoms with Crippen LogP contribution in [0.25, 0.3) is 0 Å². The lowest BCUT2D eigenvalue weighted by Gasteiger charge is -2.24. The number of carbonyl (C=O) groups is 2. The summed E-state index contributed by atoms with van der Waals surface area (Å²) in [5, 5.41) is 23.6. The van der Waals surface area contributed by atoms with E-state index in [0.717, 1.165) is 83.5 Å². The van der Waals surface area contributed by atoms with E-state index in [1.165, 1.54) is 83.5 Å². The molecule has 6 nitrogen and oxygen atoms in total. The number of allylic oxidation sites excluding steroid dienone is 10. The van der Waals surface area contributed by atoms with Crippen LogP contribution in [0.2, 0.25) is 0 Å². The second kappa shape index (κ2) is 42.7. The van der Waals surface area contributed by atoms with Gasteiger partial charge in [-0.2, -0.15) is 0 Å². The predicted octanol–water partition coefficient (Wildman–Crippen LogP) is 13.3. The van der Waals surface area contributed by atoms with Crippen molar-refractivity contribution in [3.63, 3.8) is 0 Å². The minimum absolute atomic E-state index is 0.0465. The lowest BCUT2D eigenvalue weighted by molar-refractivity contribution is -0.151. The number of aliphatic hydroxyl groups is 2. The average molecular weight is 770 g/mol. The molecule has 0 saturated carbocycles. The highest BCUT2D eigenvalue weighted by Gasteiger charge is 2.24. The quantitative estimate of drug-likeness (QED) is 0.0250. The zero-order valence-electron chi connectivity index (χ0n) is 36.0. The maximum absolute atomic E-state index is 13.1. The van der Waals surface area contributed by atoms with E-state index >= 15 is 0 Å². The van der Waals surface area contributed by atoms with Crippen LogP contribution in [-0.2, 0) is 14.3 Å². The number of rotatable bonds is 40. The fourth-order valence-electron chi connectivity index (χ4n) is 6.68. The Morgan fingerprint density at radius 1 is 0.545 bits per heavy atom. The molecule has 0 aliphatic rings. The Morgan fingerprint density at radius 3 is 1.64 bits per heavy atom. The van der Waals surface area contributed by atoms with E-state index in [-0.39, 0.29) is 24.9 Å². The van der Waals surface area contributed by atoms with E-state index < -0.39 is 18.2 Å². The van der Waals surface area contributed by atoms with Gasteiger partial charge in [-0.3, -0.25) is 9.59 Å². The number of esters is 1. The molecule has 3 N–H and O–H groups in total. The molecule has 6 heteroatoms. The largest absolute Gasteiger partial charge is 0.462 e. The fraction of sp³-hybridized carbons (Fsp3) is 0.755. The van der Waals surface area contributed by atoms with Gasteiger partial charge < -0.3 is 20.3 Å². The first kappa shape index (κ1) is 52.6. The van der Waals surface area contributed by atoms with Crippen molar-refractivity contribution in [3.05, 3.63) is 60.8 Å². The predicted molar refractivity (Wildman–Crippen MR) is 236 cm³/mol. The maximum atomic E-state index is 13.1. The van der Waals surface area contributed by atoms with Crippen LogP contribution in [0.3, 0.4) is 0 Å². The summed E-state index contributed by atoms with van der Waals surface area (Å²) in [4.78, 5) is 25.9. The summed E-state index contributed by atoms with van der Waals surface area (Å²) in [5.41, 5.74) is 0. The molecule has 0 radical (unpaired) electrons. The van der Waals surface area contributed by atoms with Gasteiger partial charge in [-0.15, -0.1) is 0 Å². The van der Waals surface area contributed by atoms with E-state index in [9.17, 15) is 19.8 Å². The van der Waals surface area contributed by atoms with Crippen LogP contribution in [0, 0.1) is 0 Å². The van der Waals surface area contributed by atoms with E-state index in [1.54, 1.807) is 0 Å². The van der Waals surface area contributed by atoms with Crippen molar-refractivity contribution in [2.24, 2.45) is 0 Å². The molecule has 0 bridgehead atoms. The molecule has 0 aromatic rings. The van der Waals surface area contributed by atoms with Crippen molar-refractivity contribution in [3.8, 4) is 0 Å². The van der Waals surface area contributed by atoms with Gasteiger partial charge in [0.1, 0.15) is 6.10 Å². The zero-order chi connectivity index (χ0) is 40.3. The van der Waals surface area contributed by atoms with Crippen LogP contribution < -0.4 is 5.32 Å². The summed E-state index contributed by atoms with van der Waals surface area (Å²) >= 11 is 0. The monoisotopic (exact) mass is 770 g/mol. The molecule has 3 atom stereocenters. The van der Waals surface area contributed by atoms with E-state index in [4.69, 9.17) is 4.74 Å². The topological polar surface area (TPSA) is 95.9 Å². The Kier molecular flexibility index (Phi) is 40.8. The van der Waals surface area contributed by atoms with Crippen molar-refractivity contribution in [1.29, 1.82) is 0 Å². The highest BCUT2D eigenvalue weighted by Crippen LogP contribution is 2.17. The molecule has 0 aromatic heterocycles. The molecule has 3 unspecified atom stereocenters. The summed E-state index contributed by atoms with van der Waals surface area (Å²) in [6.45, 7) is 6.25. The van der Waals surface area contributed by atoms with Crippen LogP contribution in [0.1, 0.15) is 213 Å². The molecule has 318 valence electrons. The number of hydrogen-bond acceptors (Lipinski definition) is 5. The van der Waals surface area contributed by atoms with Gasteiger partial charge in [0.25, 0.3) is 0 Å². The molecule has 0 aliphatic heterocycles. The number of ether oxygens (including phenoxy) is 1. The van der Waals surface area contributed by atoms with Gasteiger partial charge in [0, 0.05) is 6.42 Å². The number of amides is 1. The van der Waals surface area contributed by atoms with Gasteiger partial charge >= 0.3 is 5.97 Å². The van der Waals surface area contributed by atoms with Gasteiger partial charge in [0.05, 0.1) is 25.2 Å². The first-order valence-corrected chi connectivity index (χ1v) is 23.1. The van der Waals surface area contributed by atoms with Crippen molar-refractivity contribution in [1.82, 2.24) is 5.32 Å². The van der Waals surface area contributed by atoms with Crippen molar-refractivity contribution >= 4 is 11.9 Å². The van der Waals surface area contributed by atoms with Crippen LogP contribution in [-0.4, -0.2) is 46.9 Å². The Balaban J connectivity index is 4.65. The van der Waals surface area contributed by atoms with Crippen molar-refractivity contribution < 1.29 is 24.5 Å². The van der Waals surface area contributed by atoms with Crippen molar-refractivity contribution in [2.45, 2.75) is 232 Å². The van der Waals surface area contributed by atoms with Crippen LogP contribution in [0.15, 0.2) is 60.8 Å². The molecule has 0 aliphatic carbocycles. The Bertz CT molecular complexity index is 999. The summed E-state index contributed by atoms with van der Waals surface area (Å²) in [5.74, 6) is -0.529. The standard InChI is InChI=1S/C49H87NO5/c1-4-7-10-13-16-19-22-24-26-28-31-34-37-40-45(55-49(54)42-39-36-33-30-21-18-15-12-9-6-3)43-48(53)50-46(44-51)47(52)41-38-35-32-29-27-25-23-20-17-14-11-8-5-2/h7,10,12-13,15-16,19,22,24,26,45-47,51-52H,4-6,8-9,11,14,17-18,20-21,23,25,27-44H2,1-3H3,(H,50,53)/b10-7+,15-12-,16-13+,22-19+,26-24-. The molecular weight excluding hydrogens is 683 g/mol. The maximum Gasteiger partial charge on any atom is 0.306 e. The number of unbranched alkanes of at least 4 members (excludes halogenated alkanes) is 21. The minimum atomic E-state index is -0.799. The average Bonchev–Trinajstić information content (AvgIpc) is 3.18. The summed E-state index contributed by atoms with van der Waals surface area (Å²) < 4.78 is 5.87. The summed E-state index contributed by atoms with van der Waals surface area (Å²) in [6, 6.07) is -0.715. The first-order valence-electron chi connectivity index (χ1n) is 23.1. The molecule has 0 heterocycles. The lowest BCUT2D eigenvalue weighted by Crippen LogP contribution is -2.46. The number of carbonyl (C=O) groups excluding carboxylic acids is 2. The molecule has 0 rings (SSSR count). The van der Waals surface area contributed by atoms with Gasteiger partial charge in [-0.05, 0) is 64.2 Å². The highest BCUT2D eigenvalue weighted by molar-refractivity contribution is 5.77. The van der Waals surface area contributed by atoms with Crippen LogP contribution in [0.4, 0.5) is 0 Å². The molecule has 0 spiro atoms. The highest BCUT2D eigenvalue weighted by atomic mass is 16.5. The van der Waals surface area contributed by atoms with E-state index in [1.807, 2.05) is 30.4 Å². The van der Waals surface area contributed by atoms with Gasteiger partial charge in [0.2, 0.25) is 5.91 Å². The smallest absolute Gasteiger partial charge is 0.306 e. The van der Waals surface area contributed by atoms with Crippen LogP contribution >= 0.6 is 0 Å². The molecular formula is C49H87NO5. The van der Waals surface area contributed by atoms with E-state index in [0.29, 0.717) is 19.3 Å². The molecule has 55 heavy (non-hydrogen) atoms. The molecule has 1 amide bonds. The lowest BCUT2D eigenvalue weighted by atomic mass is 10.0. The molecule has 0 fully saturated rings. The Morgan fingerprint density at radius 2 is 1.04 bits per heavy atom. The van der Waals surface area contributed by atoms with Gasteiger partial charge in [-0.1, -0.05) is 197 Å². The number of hydrogen-bond donors (Lipinski definition) is 3. The normalized spacial score (nSPS) is 13.9. The second-order valence-electron chi connectivity index (χ2n) is 15.5. The molecule has 0 saturated heterocycles. The molecule has 0 aromatic carbocycles. The van der Waals surface area contributed by atoms with Gasteiger partial charge in [-0.25, -0.2) is 0 Å². The van der Waals surface area contributed by atoms with E-state index in [2.05, 4.69) is 56.5 Å². The third kappa shape index (κ3) is 38.2. The fourth-order valence-corrected chi connectivity index (χ4v) is 6.68. The minimum Gasteiger partial charge on any atom is -0.462 e. The summed E-state index contributed by atoms with van der Waals surface area (Å²) in [7, 11) is 0. The SMILES string of the molecule is CC/C=C/C=C/C=C/C=C\CCCCCC(CC(=O)NC(CO)C(O)CCCCCCCCCCCCCCC)OC(=O)CCCCCCC/C=C\CCC.